The Kier molecular flexibility index (Phi) is 5.04. The van der Waals surface area contributed by atoms with Crippen LogP contribution >= 0.6 is 23.2 Å². The van der Waals surface area contributed by atoms with Gasteiger partial charge in [0.15, 0.2) is 0 Å². The van der Waals surface area contributed by atoms with E-state index in [1.54, 1.807) is 20.8 Å². The van der Waals surface area contributed by atoms with Crippen molar-refractivity contribution in [3.63, 3.8) is 0 Å². The van der Waals surface area contributed by atoms with Crippen LogP contribution in [-0.4, -0.2) is 22.4 Å². The molecule has 0 rings (SSSR count). The fourth-order valence-corrected chi connectivity index (χ4v) is 1.05. The number of ether oxygens (including phenoxy) is 1. The van der Waals surface area contributed by atoms with E-state index >= 15 is 0 Å². The third-order valence-corrected chi connectivity index (χ3v) is 1.50. The Labute approximate surface area is 88.5 Å². The molecule has 0 aliphatic heterocycles. The Bertz CT molecular complexity index is 177. The van der Waals surface area contributed by atoms with E-state index in [1.165, 1.54) is 0 Å². The van der Waals surface area contributed by atoms with Crippen LogP contribution in [0.5, 0.6) is 0 Å². The van der Waals surface area contributed by atoms with E-state index in [0.717, 1.165) is 0 Å². The Balaban J connectivity index is 3.97. The Morgan fingerprint density at radius 1 is 1.46 bits per heavy atom. The first-order valence-electron chi connectivity index (χ1n) is 3.99. The number of halogens is 2. The molecule has 0 fully saturated rings. The molecule has 5 heteroatoms. The zero-order valence-electron chi connectivity index (χ0n) is 8.01. The standard InChI is InChI=1S/C8H15Cl2NO2/c1-8(2,3)13-7(12)5(11)4-6(9)10/h5-6H,4,11H2,1-3H3. The Morgan fingerprint density at radius 2 is 1.92 bits per heavy atom. The molecule has 2 N–H and O–H groups in total. The van der Waals surface area contributed by atoms with E-state index in [9.17, 15) is 4.79 Å². The van der Waals surface area contributed by atoms with Crippen molar-refractivity contribution in [1.29, 1.82) is 0 Å². The first kappa shape index (κ1) is 13.0. The van der Waals surface area contributed by atoms with Gasteiger partial charge in [-0.3, -0.25) is 4.79 Å². The molecule has 0 amide bonds. The zero-order valence-corrected chi connectivity index (χ0v) is 9.52. The lowest BCUT2D eigenvalue weighted by atomic mass is 10.2. The summed E-state index contributed by atoms with van der Waals surface area (Å²) in [6, 6.07) is -0.751. The van der Waals surface area contributed by atoms with Crippen LogP contribution in [0, 0.1) is 0 Å². The highest BCUT2D eigenvalue weighted by molar-refractivity contribution is 6.44. The number of esters is 1. The monoisotopic (exact) mass is 227 g/mol. The first-order chi connectivity index (χ1) is 5.72. The Morgan fingerprint density at radius 3 is 2.23 bits per heavy atom. The number of carbonyl (C=O) groups excluding carboxylic acids is 1. The third-order valence-electron chi connectivity index (χ3n) is 1.14. The van der Waals surface area contributed by atoms with Crippen molar-refractivity contribution < 1.29 is 9.53 Å². The molecule has 0 bridgehead atoms. The minimum absolute atomic E-state index is 0.206. The van der Waals surface area contributed by atoms with E-state index in [0.29, 0.717) is 0 Å². The van der Waals surface area contributed by atoms with Crippen LogP contribution in [0.15, 0.2) is 0 Å². The molecule has 1 unspecified atom stereocenters. The molecule has 0 aromatic carbocycles. The lowest BCUT2D eigenvalue weighted by Gasteiger charge is -2.22. The lowest BCUT2D eigenvalue weighted by molar-refractivity contribution is -0.156. The molecule has 0 saturated carbocycles. The molecule has 0 aromatic heterocycles. The molecule has 0 aliphatic rings. The molecule has 3 nitrogen and oxygen atoms in total. The number of hydrogen-bond donors (Lipinski definition) is 1. The number of hydrogen-bond acceptors (Lipinski definition) is 3. The van der Waals surface area contributed by atoms with Gasteiger partial charge in [0.25, 0.3) is 0 Å². The maximum absolute atomic E-state index is 11.2. The van der Waals surface area contributed by atoms with E-state index in [1.807, 2.05) is 0 Å². The van der Waals surface area contributed by atoms with Gasteiger partial charge in [-0.2, -0.15) is 0 Å². The number of rotatable bonds is 3. The van der Waals surface area contributed by atoms with Crippen LogP contribution < -0.4 is 5.73 Å². The summed E-state index contributed by atoms with van der Waals surface area (Å²) in [4.78, 5) is 10.6. The highest BCUT2D eigenvalue weighted by atomic mass is 35.5. The average molecular weight is 228 g/mol. The van der Waals surface area contributed by atoms with Crippen LogP contribution in [0.2, 0.25) is 0 Å². The minimum atomic E-state index is -0.751. The molecule has 0 heterocycles. The van der Waals surface area contributed by atoms with E-state index < -0.39 is 22.4 Å². The number of alkyl halides is 2. The highest BCUT2D eigenvalue weighted by Gasteiger charge is 2.23. The van der Waals surface area contributed by atoms with Gasteiger partial charge in [-0.1, -0.05) is 0 Å². The van der Waals surface area contributed by atoms with Crippen molar-refractivity contribution in [2.24, 2.45) is 5.73 Å². The predicted molar refractivity (Wildman–Crippen MR) is 53.9 cm³/mol. The summed E-state index contributed by atoms with van der Waals surface area (Å²) in [5.41, 5.74) is 4.96. The van der Waals surface area contributed by atoms with E-state index in [-0.39, 0.29) is 6.42 Å². The molecule has 0 aliphatic carbocycles. The summed E-state index contributed by atoms with van der Waals surface area (Å²) in [5.74, 6) is -0.473. The van der Waals surface area contributed by atoms with Gasteiger partial charge < -0.3 is 10.5 Å². The van der Waals surface area contributed by atoms with Crippen LogP contribution in [0.1, 0.15) is 27.2 Å². The Hall–Kier alpha value is 0.01000. The van der Waals surface area contributed by atoms with Gasteiger partial charge >= 0.3 is 5.97 Å². The van der Waals surface area contributed by atoms with Crippen molar-refractivity contribution >= 4 is 29.2 Å². The topological polar surface area (TPSA) is 52.3 Å². The van der Waals surface area contributed by atoms with Gasteiger partial charge in [0.2, 0.25) is 0 Å². The smallest absolute Gasteiger partial charge is 0.323 e. The van der Waals surface area contributed by atoms with Gasteiger partial charge in [-0.15, -0.1) is 23.2 Å². The number of carbonyl (C=O) groups is 1. The average Bonchev–Trinajstić information content (AvgIpc) is 1.81. The fraction of sp³-hybridized carbons (Fsp3) is 0.875. The summed E-state index contributed by atoms with van der Waals surface area (Å²) in [6.45, 7) is 5.32. The largest absolute Gasteiger partial charge is 0.459 e. The van der Waals surface area contributed by atoms with Gasteiger partial charge in [0.05, 0.1) is 0 Å². The van der Waals surface area contributed by atoms with Crippen LogP contribution in [0.3, 0.4) is 0 Å². The highest BCUT2D eigenvalue weighted by Crippen LogP contribution is 2.13. The number of nitrogens with two attached hydrogens (primary N) is 1. The molecule has 0 aromatic rings. The predicted octanol–water partition coefficient (Wildman–Crippen LogP) is 1.85. The van der Waals surface area contributed by atoms with Crippen molar-refractivity contribution in [3.8, 4) is 0 Å². The summed E-state index contributed by atoms with van der Waals surface area (Å²) >= 11 is 10.9. The van der Waals surface area contributed by atoms with Gasteiger partial charge in [0, 0.05) is 6.42 Å². The molecule has 13 heavy (non-hydrogen) atoms. The molecule has 0 radical (unpaired) electrons. The summed E-state index contributed by atoms with van der Waals surface area (Å²) in [7, 11) is 0. The SMILES string of the molecule is CC(C)(C)OC(=O)C(N)CC(Cl)Cl. The third kappa shape index (κ3) is 7.11. The van der Waals surface area contributed by atoms with Crippen molar-refractivity contribution in [2.75, 3.05) is 0 Å². The second kappa shape index (κ2) is 5.03. The normalized spacial score (nSPS) is 14.4. The molecular formula is C8H15Cl2NO2. The van der Waals surface area contributed by atoms with Gasteiger partial charge in [0.1, 0.15) is 16.5 Å². The minimum Gasteiger partial charge on any atom is -0.459 e. The quantitative estimate of drug-likeness (QED) is 0.592. The molecule has 0 spiro atoms. The zero-order chi connectivity index (χ0) is 10.6. The lowest BCUT2D eigenvalue weighted by Crippen LogP contribution is -2.38. The molecule has 1 atom stereocenters. The van der Waals surface area contributed by atoms with Gasteiger partial charge in [-0.05, 0) is 20.8 Å². The summed E-state index contributed by atoms with van der Waals surface area (Å²) < 4.78 is 5.02. The molecule has 78 valence electrons. The maximum Gasteiger partial charge on any atom is 0.323 e. The summed E-state index contributed by atoms with van der Waals surface area (Å²) in [5, 5.41) is 0. The second-order valence-corrected chi connectivity index (χ2v) is 5.04. The summed E-state index contributed by atoms with van der Waals surface area (Å²) in [6.07, 6.45) is 0.206. The van der Waals surface area contributed by atoms with Gasteiger partial charge in [-0.25, -0.2) is 0 Å². The second-order valence-electron chi connectivity index (χ2n) is 3.77. The first-order valence-corrected chi connectivity index (χ1v) is 4.86. The van der Waals surface area contributed by atoms with Crippen LogP contribution in [0.25, 0.3) is 0 Å². The van der Waals surface area contributed by atoms with Crippen LogP contribution in [0.4, 0.5) is 0 Å². The molecular weight excluding hydrogens is 213 g/mol. The maximum atomic E-state index is 11.2. The van der Waals surface area contributed by atoms with Crippen molar-refractivity contribution in [1.82, 2.24) is 0 Å². The van der Waals surface area contributed by atoms with Crippen LogP contribution in [-0.2, 0) is 9.53 Å². The van der Waals surface area contributed by atoms with Crippen molar-refractivity contribution in [3.05, 3.63) is 0 Å². The van der Waals surface area contributed by atoms with E-state index in [4.69, 9.17) is 33.7 Å². The van der Waals surface area contributed by atoms with Crippen molar-refractivity contribution in [2.45, 2.75) is 43.7 Å². The molecule has 0 saturated heterocycles. The fourth-order valence-electron chi connectivity index (χ4n) is 0.666. The van der Waals surface area contributed by atoms with E-state index in [2.05, 4.69) is 0 Å².